The smallest absolute Gasteiger partial charge is 0.345 e. The molecular weight excluding hydrogens is 392 g/mol. The molecule has 0 aliphatic rings. The molecule has 5 heteroatoms. The second-order valence-corrected chi connectivity index (χ2v) is 7.06. The first-order valence-corrected chi connectivity index (χ1v) is 9.83. The van der Waals surface area contributed by atoms with Crippen molar-refractivity contribution in [1.29, 1.82) is 0 Å². The number of aliphatic carboxylic acids is 1. The molecule has 0 fully saturated rings. The summed E-state index contributed by atoms with van der Waals surface area (Å²) in [4.78, 5) is 24.4. The molecule has 0 amide bonds. The number of carbonyl (C=O) groups excluding carboxylic acids is 1. The van der Waals surface area contributed by atoms with E-state index in [4.69, 9.17) is 9.47 Å². The molecule has 0 spiro atoms. The van der Waals surface area contributed by atoms with Gasteiger partial charge in [-0.1, -0.05) is 66.7 Å². The minimum Gasteiger partial charge on any atom is -0.478 e. The highest BCUT2D eigenvalue weighted by Crippen LogP contribution is 2.23. The van der Waals surface area contributed by atoms with Gasteiger partial charge in [-0.25, -0.2) is 9.59 Å². The van der Waals surface area contributed by atoms with E-state index in [2.05, 4.69) is 0 Å². The summed E-state index contributed by atoms with van der Waals surface area (Å²) in [5.41, 5.74) is 0.998. The molecule has 5 nitrogen and oxygen atoms in total. The predicted molar refractivity (Wildman–Crippen MR) is 117 cm³/mol. The van der Waals surface area contributed by atoms with E-state index in [1.807, 2.05) is 60.7 Å². The van der Waals surface area contributed by atoms with E-state index >= 15 is 0 Å². The van der Waals surface area contributed by atoms with Gasteiger partial charge in [0, 0.05) is 6.42 Å². The van der Waals surface area contributed by atoms with Gasteiger partial charge in [-0.2, -0.15) is 0 Å². The molecule has 0 saturated carbocycles. The monoisotopic (exact) mass is 412 g/mol. The van der Waals surface area contributed by atoms with Crippen molar-refractivity contribution in [3.8, 4) is 11.5 Å². The van der Waals surface area contributed by atoms with E-state index in [0.717, 1.165) is 16.3 Å². The number of para-hydroxylation sites is 1. The average Bonchev–Trinajstić information content (AvgIpc) is 2.79. The van der Waals surface area contributed by atoms with Crippen LogP contribution in [0.25, 0.3) is 10.8 Å². The molecule has 0 unspecified atom stereocenters. The fourth-order valence-corrected chi connectivity index (χ4v) is 3.27. The zero-order valence-electron chi connectivity index (χ0n) is 16.6. The first kappa shape index (κ1) is 20.2. The molecule has 154 valence electrons. The van der Waals surface area contributed by atoms with Crippen LogP contribution in [0, 0.1) is 0 Å². The van der Waals surface area contributed by atoms with Gasteiger partial charge in [-0.05, 0) is 46.7 Å². The van der Waals surface area contributed by atoms with E-state index < -0.39 is 18.0 Å². The van der Waals surface area contributed by atoms with Crippen LogP contribution in [-0.4, -0.2) is 23.1 Å². The second-order valence-electron chi connectivity index (χ2n) is 7.06. The van der Waals surface area contributed by atoms with Gasteiger partial charge < -0.3 is 14.6 Å². The van der Waals surface area contributed by atoms with Crippen molar-refractivity contribution >= 4 is 22.7 Å². The van der Waals surface area contributed by atoms with Crippen molar-refractivity contribution in [2.45, 2.75) is 12.5 Å². The number of carbonyl (C=O) groups is 2. The predicted octanol–water partition coefficient (Wildman–Crippen LogP) is 5.48. The third kappa shape index (κ3) is 5.08. The Hall–Kier alpha value is -4.12. The number of hydrogen-bond acceptors (Lipinski definition) is 4. The van der Waals surface area contributed by atoms with Gasteiger partial charge in [0.1, 0.15) is 11.5 Å². The Balaban J connectivity index is 1.48. The minimum absolute atomic E-state index is 0.0755. The zero-order chi connectivity index (χ0) is 21.6. The SMILES string of the molecule is O=C(O[C@H](Cc1ccc2ccccc2c1)C(=O)O)c1cccc(Oc2ccccc2)c1. The lowest BCUT2D eigenvalue weighted by Crippen LogP contribution is -2.29. The summed E-state index contributed by atoms with van der Waals surface area (Å²) in [7, 11) is 0. The summed E-state index contributed by atoms with van der Waals surface area (Å²) in [6.07, 6.45) is -1.22. The Bertz CT molecular complexity index is 1220. The van der Waals surface area contributed by atoms with Crippen molar-refractivity contribution in [3.05, 3.63) is 108 Å². The molecule has 0 heterocycles. The van der Waals surface area contributed by atoms with Crippen LogP contribution in [0.5, 0.6) is 11.5 Å². The number of ether oxygens (including phenoxy) is 2. The Morgan fingerprint density at radius 1 is 0.742 bits per heavy atom. The van der Waals surface area contributed by atoms with Crippen LogP contribution in [0.4, 0.5) is 0 Å². The molecule has 0 radical (unpaired) electrons. The lowest BCUT2D eigenvalue weighted by Gasteiger charge is -2.15. The Morgan fingerprint density at radius 2 is 1.45 bits per heavy atom. The van der Waals surface area contributed by atoms with E-state index in [1.54, 1.807) is 30.3 Å². The second kappa shape index (κ2) is 9.13. The van der Waals surface area contributed by atoms with E-state index in [0.29, 0.717) is 11.5 Å². The maximum atomic E-state index is 12.6. The third-order valence-electron chi connectivity index (χ3n) is 4.81. The van der Waals surface area contributed by atoms with Gasteiger partial charge in [0.15, 0.2) is 0 Å². The highest BCUT2D eigenvalue weighted by Gasteiger charge is 2.24. The van der Waals surface area contributed by atoms with Crippen LogP contribution in [-0.2, 0) is 16.0 Å². The first-order valence-electron chi connectivity index (χ1n) is 9.83. The topological polar surface area (TPSA) is 72.8 Å². The molecule has 4 aromatic carbocycles. The molecule has 4 rings (SSSR count). The summed E-state index contributed by atoms with van der Waals surface area (Å²) in [5.74, 6) is -0.820. The average molecular weight is 412 g/mol. The lowest BCUT2D eigenvalue weighted by molar-refractivity contribution is -0.147. The largest absolute Gasteiger partial charge is 0.478 e. The number of carboxylic acid groups (broad SMARTS) is 1. The van der Waals surface area contributed by atoms with E-state index in [-0.39, 0.29) is 12.0 Å². The van der Waals surface area contributed by atoms with E-state index in [9.17, 15) is 14.7 Å². The summed E-state index contributed by atoms with van der Waals surface area (Å²) in [6.45, 7) is 0. The molecule has 0 bridgehead atoms. The molecule has 0 aromatic heterocycles. The van der Waals surface area contributed by atoms with Crippen molar-refractivity contribution < 1.29 is 24.2 Å². The van der Waals surface area contributed by atoms with Gasteiger partial charge in [0.2, 0.25) is 6.10 Å². The van der Waals surface area contributed by atoms with Crippen molar-refractivity contribution in [3.63, 3.8) is 0 Å². The van der Waals surface area contributed by atoms with Crippen LogP contribution >= 0.6 is 0 Å². The van der Waals surface area contributed by atoms with Crippen molar-refractivity contribution in [2.75, 3.05) is 0 Å². The number of rotatable bonds is 7. The summed E-state index contributed by atoms with van der Waals surface area (Å²) < 4.78 is 11.1. The molecule has 1 N–H and O–H groups in total. The van der Waals surface area contributed by atoms with Crippen LogP contribution < -0.4 is 4.74 Å². The summed E-state index contributed by atoms with van der Waals surface area (Å²) in [6, 6.07) is 29.1. The number of benzene rings is 4. The number of hydrogen-bond donors (Lipinski definition) is 1. The van der Waals surface area contributed by atoms with Crippen LogP contribution in [0.2, 0.25) is 0 Å². The quantitative estimate of drug-likeness (QED) is 0.407. The van der Waals surface area contributed by atoms with Crippen LogP contribution in [0.15, 0.2) is 97.1 Å². The van der Waals surface area contributed by atoms with Crippen LogP contribution in [0.1, 0.15) is 15.9 Å². The van der Waals surface area contributed by atoms with Crippen LogP contribution in [0.3, 0.4) is 0 Å². The molecule has 1 atom stereocenters. The molecule has 0 aliphatic carbocycles. The van der Waals surface area contributed by atoms with Gasteiger partial charge in [-0.3, -0.25) is 0 Å². The number of esters is 1. The normalized spacial score (nSPS) is 11.6. The number of fused-ring (bicyclic) bond motifs is 1. The Kier molecular flexibility index (Phi) is 5.94. The fourth-order valence-electron chi connectivity index (χ4n) is 3.27. The van der Waals surface area contributed by atoms with Crippen molar-refractivity contribution in [2.24, 2.45) is 0 Å². The highest BCUT2D eigenvalue weighted by atomic mass is 16.6. The zero-order valence-corrected chi connectivity index (χ0v) is 16.6. The lowest BCUT2D eigenvalue weighted by atomic mass is 10.0. The fraction of sp³-hybridized carbons (Fsp3) is 0.0769. The third-order valence-corrected chi connectivity index (χ3v) is 4.81. The summed E-state index contributed by atoms with van der Waals surface area (Å²) in [5, 5.41) is 11.7. The molecule has 0 aliphatic heterocycles. The summed E-state index contributed by atoms with van der Waals surface area (Å²) >= 11 is 0. The van der Waals surface area contributed by atoms with Crippen molar-refractivity contribution in [1.82, 2.24) is 0 Å². The molecule has 0 saturated heterocycles. The standard InChI is InChI=1S/C26H20O5/c27-25(28)24(16-18-13-14-19-7-4-5-8-20(19)15-18)31-26(29)21-9-6-12-23(17-21)30-22-10-2-1-3-11-22/h1-15,17,24H,16H2,(H,27,28)/t24-/m1/s1. The van der Waals surface area contributed by atoms with Gasteiger partial charge in [0.05, 0.1) is 5.56 Å². The Labute approximate surface area is 179 Å². The van der Waals surface area contributed by atoms with Gasteiger partial charge in [-0.15, -0.1) is 0 Å². The van der Waals surface area contributed by atoms with Gasteiger partial charge >= 0.3 is 11.9 Å². The maximum absolute atomic E-state index is 12.6. The van der Waals surface area contributed by atoms with E-state index in [1.165, 1.54) is 6.07 Å². The first-order chi connectivity index (χ1) is 15.1. The molecule has 4 aromatic rings. The molecule has 31 heavy (non-hydrogen) atoms. The van der Waals surface area contributed by atoms with Gasteiger partial charge in [0.25, 0.3) is 0 Å². The highest BCUT2D eigenvalue weighted by molar-refractivity contribution is 5.92. The number of carboxylic acids is 1. The Morgan fingerprint density at radius 3 is 2.23 bits per heavy atom. The maximum Gasteiger partial charge on any atom is 0.345 e. The minimum atomic E-state index is -1.30. The molecular formula is C26H20O5.